The minimum Gasteiger partial charge on any atom is -0.362 e. The van der Waals surface area contributed by atoms with Crippen molar-refractivity contribution in [3.8, 4) is 6.07 Å². The van der Waals surface area contributed by atoms with Gasteiger partial charge in [-0.2, -0.15) is 5.26 Å². The lowest BCUT2D eigenvalue weighted by molar-refractivity contribution is 1.46. The number of nitrogens with one attached hydrogen (secondary N) is 1. The normalized spacial score (nSPS) is 11.7. The first-order valence-corrected chi connectivity index (χ1v) is 8.96. The molecule has 1 heterocycles. The first-order valence-electron chi connectivity index (χ1n) is 5.46. The first kappa shape index (κ1) is 11.0. The van der Waals surface area contributed by atoms with Crippen LogP contribution in [0.25, 0.3) is 10.9 Å². The van der Waals surface area contributed by atoms with Crippen molar-refractivity contribution in [2.45, 2.75) is 26.6 Å². The van der Waals surface area contributed by atoms with Gasteiger partial charge in [-0.3, -0.25) is 0 Å². The number of nitriles is 1. The van der Waals surface area contributed by atoms with Gasteiger partial charge in [0.2, 0.25) is 0 Å². The van der Waals surface area contributed by atoms with Crippen LogP contribution < -0.4 is 5.32 Å². The Balaban J connectivity index is 2.75. The summed E-state index contributed by atoms with van der Waals surface area (Å²) in [5.41, 5.74) is 3.19. The summed E-state index contributed by atoms with van der Waals surface area (Å²) < 4.78 is 0. The Morgan fingerprint density at radius 3 is 2.50 bits per heavy atom. The molecular formula is C13H16N2Si. The molecule has 1 aromatic carbocycles. The van der Waals surface area contributed by atoms with E-state index in [1.165, 1.54) is 16.3 Å². The zero-order valence-corrected chi connectivity index (χ0v) is 11.2. The van der Waals surface area contributed by atoms with Crippen LogP contribution in [0, 0.1) is 18.3 Å². The number of aryl methyl sites for hydroxylation is 1. The Labute approximate surface area is 96.9 Å². The molecule has 0 aliphatic carbocycles. The standard InChI is InChI=1S/C13H16N2Si/c1-9-11-7-10(8-14)5-6-12(11)15-13(9)16(2,3)4/h5-7,15H,1-4H3. The summed E-state index contributed by atoms with van der Waals surface area (Å²) in [4.78, 5) is 3.51. The van der Waals surface area contributed by atoms with Crippen molar-refractivity contribution in [3.05, 3.63) is 29.3 Å². The SMILES string of the molecule is Cc1c([Si](C)(C)C)[nH]c2ccc(C#N)cc12. The molecule has 0 spiro atoms. The average molecular weight is 228 g/mol. The zero-order chi connectivity index (χ0) is 11.9. The van der Waals surface area contributed by atoms with Gasteiger partial charge in [0.05, 0.1) is 19.7 Å². The lowest BCUT2D eigenvalue weighted by Gasteiger charge is -2.15. The van der Waals surface area contributed by atoms with E-state index < -0.39 is 8.07 Å². The summed E-state index contributed by atoms with van der Waals surface area (Å²) in [7, 11) is -1.33. The van der Waals surface area contributed by atoms with Crippen molar-refractivity contribution in [3.63, 3.8) is 0 Å². The van der Waals surface area contributed by atoms with Crippen LogP contribution in [-0.2, 0) is 0 Å². The summed E-state index contributed by atoms with van der Waals surface area (Å²) in [6.45, 7) is 9.13. The molecule has 0 fully saturated rings. The van der Waals surface area contributed by atoms with Gasteiger partial charge in [0, 0.05) is 16.2 Å². The highest BCUT2D eigenvalue weighted by Gasteiger charge is 2.22. The lowest BCUT2D eigenvalue weighted by atomic mass is 10.1. The summed E-state index contributed by atoms with van der Waals surface area (Å²) in [5.74, 6) is 0. The maximum Gasteiger partial charge on any atom is 0.0991 e. The fraction of sp³-hybridized carbons (Fsp3) is 0.308. The summed E-state index contributed by atoms with van der Waals surface area (Å²) in [6.07, 6.45) is 0. The lowest BCUT2D eigenvalue weighted by Crippen LogP contribution is -2.40. The van der Waals surface area contributed by atoms with Crippen molar-refractivity contribution < 1.29 is 0 Å². The van der Waals surface area contributed by atoms with E-state index in [9.17, 15) is 0 Å². The monoisotopic (exact) mass is 228 g/mol. The highest BCUT2D eigenvalue weighted by Crippen LogP contribution is 2.20. The van der Waals surface area contributed by atoms with Crippen LogP contribution in [0.4, 0.5) is 0 Å². The number of H-pyrrole nitrogens is 1. The largest absolute Gasteiger partial charge is 0.362 e. The zero-order valence-electron chi connectivity index (χ0n) is 10.2. The van der Waals surface area contributed by atoms with Gasteiger partial charge in [0.1, 0.15) is 0 Å². The molecule has 0 bridgehead atoms. The van der Waals surface area contributed by atoms with Crippen LogP contribution >= 0.6 is 0 Å². The molecule has 0 saturated heterocycles. The van der Waals surface area contributed by atoms with E-state index in [-0.39, 0.29) is 0 Å². The number of hydrogen-bond donors (Lipinski definition) is 1. The van der Waals surface area contributed by atoms with E-state index >= 15 is 0 Å². The van der Waals surface area contributed by atoms with E-state index in [2.05, 4.69) is 37.6 Å². The molecule has 0 saturated carbocycles. The quantitative estimate of drug-likeness (QED) is 0.749. The molecule has 82 valence electrons. The molecular weight excluding hydrogens is 212 g/mol. The predicted molar refractivity (Wildman–Crippen MR) is 70.7 cm³/mol. The summed E-state index contributed by atoms with van der Waals surface area (Å²) >= 11 is 0. The number of aromatic nitrogens is 1. The second-order valence-corrected chi connectivity index (χ2v) is 10.2. The van der Waals surface area contributed by atoms with Gasteiger partial charge < -0.3 is 4.98 Å². The van der Waals surface area contributed by atoms with Crippen LogP contribution in [0.1, 0.15) is 11.1 Å². The molecule has 0 aliphatic heterocycles. The molecule has 1 aromatic heterocycles. The summed E-state index contributed by atoms with van der Waals surface area (Å²) in [6, 6.07) is 8.04. The van der Waals surface area contributed by atoms with Crippen LogP contribution in [0.5, 0.6) is 0 Å². The van der Waals surface area contributed by atoms with Gasteiger partial charge in [-0.25, -0.2) is 0 Å². The van der Waals surface area contributed by atoms with Gasteiger partial charge in [0.25, 0.3) is 0 Å². The van der Waals surface area contributed by atoms with Gasteiger partial charge in [-0.1, -0.05) is 19.6 Å². The van der Waals surface area contributed by atoms with E-state index in [4.69, 9.17) is 5.26 Å². The third-order valence-corrected chi connectivity index (χ3v) is 4.94. The van der Waals surface area contributed by atoms with Crippen molar-refractivity contribution >= 4 is 24.3 Å². The number of rotatable bonds is 1. The van der Waals surface area contributed by atoms with Crippen LogP contribution in [0.3, 0.4) is 0 Å². The maximum atomic E-state index is 8.90. The molecule has 2 nitrogen and oxygen atoms in total. The van der Waals surface area contributed by atoms with E-state index in [0.717, 1.165) is 11.1 Å². The molecule has 0 atom stereocenters. The number of hydrogen-bond acceptors (Lipinski definition) is 1. The predicted octanol–water partition coefficient (Wildman–Crippen LogP) is 2.89. The van der Waals surface area contributed by atoms with Gasteiger partial charge in [0.15, 0.2) is 0 Å². The van der Waals surface area contributed by atoms with Crippen molar-refractivity contribution in [2.75, 3.05) is 0 Å². The topological polar surface area (TPSA) is 39.6 Å². The molecule has 16 heavy (non-hydrogen) atoms. The third-order valence-electron chi connectivity index (χ3n) is 2.94. The Hall–Kier alpha value is -1.53. The number of aromatic amines is 1. The fourth-order valence-electron chi connectivity index (χ4n) is 2.15. The number of benzene rings is 1. The smallest absolute Gasteiger partial charge is 0.0991 e. The number of fused-ring (bicyclic) bond motifs is 1. The molecule has 0 unspecified atom stereocenters. The molecule has 3 heteroatoms. The fourth-order valence-corrected chi connectivity index (χ4v) is 3.92. The highest BCUT2D eigenvalue weighted by atomic mass is 28.3. The molecule has 2 rings (SSSR count). The maximum absolute atomic E-state index is 8.90. The minimum absolute atomic E-state index is 0.733. The van der Waals surface area contributed by atoms with Gasteiger partial charge in [-0.15, -0.1) is 0 Å². The second kappa shape index (κ2) is 3.50. The first-order chi connectivity index (χ1) is 7.43. The highest BCUT2D eigenvalue weighted by molar-refractivity contribution is 6.88. The minimum atomic E-state index is -1.33. The van der Waals surface area contributed by atoms with Crippen LogP contribution in [0.2, 0.25) is 19.6 Å². The Morgan fingerprint density at radius 1 is 1.25 bits per heavy atom. The van der Waals surface area contributed by atoms with E-state index in [1.54, 1.807) is 0 Å². The van der Waals surface area contributed by atoms with Crippen LogP contribution in [0.15, 0.2) is 18.2 Å². The molecule has 2 aromatic rings. The van der Waals surface area contributed by atoms with Crippen molar-refractivity contribution in [2.24, 2.45) is 0 Å². The molecule has 0 amide bonds. The summed E-state index contributed by atoms with van der Waals surface area (Å²) in [5, 5.41) is 11.5. The molecule has 0 aliphatic rings. The Kier molecular flexibility index (Phi) is 2.40. The van der Waals surface area contributed by atoms with Crippen molar-refractivity contribution in [1.29, 1.82) is 5.26 Å². The third kappa shape index (κ3) is 1.66. The van der Waals surface area contributed by atoms with Crippen molar-refractivity contribution in [1.82, 2.24) is 4.98 Å². The van der Waals surface area contributed by atoms with Gasteiger partial charge >= 0.3 is 0 Å². The van der Waals surface area contributed by atoms with Crippen LogP contribution in [-0.4, -0.2) is 13.1 Å². The van der Waals surface area contributed by atoms with Gasteiger partial charge in [-0.05, 0) is 30.7 Å². The van der Waals surface area contributed by atoms with E-state index in [1.807, 2.05) is 18.2 Å². The Morgan fingerprint density at radius 2 is 1.94 bits per heavy atom. The van der Waals surface area contributed by atoms with E-state index in [0.29, 0.717) is 0 Å². The average Bonchev–Trinajstić information content (AvgIpc) is 2.55. The molecule has 0 radical (unpaired) electrons. The second-order valence-electron chi connectivity index (χ2n) is 5.25. The Bertz CT molecular complexity index is 582. The number of nitrogens with zero attached hydrogens (tertiary/aromatic N) is 1. The molecule has 1 N–H and O–H groups in total.